The van der Waals surface area contributed by atoms with E-state index in [1.807, 2.05) is 13.8 Å². The van der Waals surface area contributed by atoms with E-state index in [0.29, 0.717) is 6.61 Å². The van der Waals surface area contributed by atoms with Crippen molar-refractivity contribution in [2.24, 2.45) is 5.41 Å². The SMILES string of the molecule is C#CC(C)(C)CO[Si](C)(C)C. The summed E-state index contributed by atoms with van der Waals surface area (Å²) in [7, 11) is -1.38. The van der Waals surface area contributed by atoms with Gasteiger partial charge < -0.3 is 4.43 Å². The van der Waals surface area contributed by atoms with E-state index in [-0.39, 0.29) is 5.41 Å². The van der Waals surface area contributed by atoms with Gasteiger partial charge in [-0.25, -0.2) is 0 Å². The summed E-state index contributed by atoms with van der Waals surface area (Å²) in [5.74, 6) is 2.71. The lowest BCUT2D eigenvalue weighted by molar-refractivity contribution is 0.223. The van der Waals surface area contributed by atoms with Crippen molar-refractivity contribution in [3.63, 3.8) is 0 Å². The van der Waals surface area contributed by atoms with Gasteiger partial charge in [0, 0.05) is 12.0 Å². The number of rotatable bonds is 3. The fourth-order valence-electron chi connectivity index (χ4n) is 0.439. The molecule has 0 heterocycles. The molecule has 0 atom stereocenters. The average molecular weight is 170 g/mol. The quantitative estimate of drug-likeness (QED) is 0.467. The van der Waals surface area contributed by atoms with Crippen LogP contribution in [0.15, 0.2) is 0 Å². The molecule has 0 unspecified atom stereocenters. The van der Waals surface area contributed by atoms with Crippen LogP contribution in [0.4, 0.5) is 0 Å². The van der Waals surface area contributed by atoms with Crippen molar-refractivity contribution in [1.29, 1.82) is 0 Å². The molecule has 0 radical (unpaired) electrons. The second-order valence-electron chi connectivity index (χ2n) is 4.43. The molecule has 0 N–H and O–H groups in total. The van der Waals surface area contributed by atoms with Gasteiger partial charge >= 0.3 is 0 Å². The lowest BCUT2D eigenvalue weighted by Crippen LogP contribution is -2.31. The average Bonchev–Trinajstić information content (AvgIpc) is 1.83. The summed E-state index contributed by atoms with van der Waals surface area (Å²) in [6.45, 7) is 11.2. The maximum atomic E-state index is 5.68. The predicted molar refractivity (Wildman–Crippen MR) is 51.9 cm³/mol. The number of terminal acetylenes is 1. The van der Waals surface area contributed by atoms with Crippen molar-refractivity contribution in [3.05, 3.63) is 0 Å². The zero-order chi connectivity index (χ0) is 9.12. The third-order valence-corrected chi connectivity index (χ3v) is 2.27. The van der Waals surface area contributed by atoms with Gasteiger partial charge in [0.05, 0.1) is 0 Å². The zero-order valence-electron chi connectivity index (χ0n) is 8.19. The molecule has 0 saturated carbocycles. The van der Waals surface area contributed by atoms with E-state index in [1.54, 1.807) is 0 Å². The fourth-order valence-corrected chi connectivity index (χ4v) is 1.23. The third-order valence-electron chi connectivity index (χ3n) is 1.26. The van der Waals surface area contributed by atoms with E-state index in [2.05, 4.69) is 25.6 Å². The van der Waals surface area contributed by atoms with E-state index in [9.17, 15) is 0 Å². The van der Waals surface area contributed by atoms with Crippen molar-refractivity contribution in [2.75, 3.05) is 6.61 Å². The smallest absolute Gasteiger partial charge is 0.183 e. The molecule has 0 rings (SSSR count). The predicted octanol–water partition coefficient (Wildman–Crippen LogP) is 2.50. The summed E-state index contributed by atoms with van der Waals surface area (Å²) < 4.78 is 5.68. The molecular formula is C9H18OSi. The van der Waals surface area contributed by atoms with Crippen LogP contribution in [-0.2, 0) is 4.43 Å². The van der Waals surface area contributed by atoms with E-state index in [0.717, 1.165) is 0 Å². The van der Waals surface area contributed by atoms with E-state index in [4.69, 9.17) is 10.8 Å². The van der Waals surface area contributed by atoms with Crippen LogP contribution in [0.2, 0.25) is 19.6 Å². The minimum absolute atomic E-state index is 0.111. The molecule has 1 nitrogen and oxygen atoms in total. The monoisotopic (exact) mass is 170 g/mol. The van der Waals surface area contributed by atoms with Crippen LogP contribution < -0.4 is 0 Å². The summed E-state index contributed by atoms with van der Waals surface area (Å²) in [6, 6.07) is 0. The molecule has 0 amide bonds. The Morgan fingerprint density at radius 1 is 1.36 bits per heavy atom. The van der Waals surface area contributed by atoms with Gasteiger partial charge in [-0.05, 0) is 33.5 Å². The van der Waals surface area contributed by atoms with Gasteiger partial charge in [0.15, 0.2) is 8.32 Å². The summed E-state index contributed by atoms with van der Waals surface area (Å²) in [4.78, 5) is 0. The zero-order valence-corrected chi connectivity index (χ0v) is 9.19. The van der Waals surface area contributed by atoms with Crippen LogP contribution in [0.1, 0.15) is 13.8 Å². The maximum absolute atomic E-state index is 5.68. The minimum Gasteiger partial charge on any atom is -0.416 e. The molecule has 0 spiro atoms. The second kappa shape index (κ2) is 3.42. The molecule has 0 fully saturated rings. The van der Waals surface area contributed by atoms with Crippen LogP contribution in [0, 0.1) is 17.8 Å². The molecule has 0 aliphatic heterocycles. The Morgan fingerprint density at radius 2 is 1.82 bits per heavy atom. The van der Waals surface area contributed by atoms with Crippen LogP contribution >= 0.6 is 0 Å². The fraction of sp³-hybridized carbons (Fsp3) is 0.778. The highest BCUT2D eigenvalue weighted by molar-refractivity contribution is 6.69. The number of hydrogen-bond acceptors (Lipinski definition) is 1. The van der Waals surface area contributed by atoms with E-state index in [1.165, 1.54) is 0 Å². The molecule has 0 aliphatic rings. The molecule has 0 bridgehead atoms. The molecule has 0 saturated heterocycles. The van der Waals surface area contributed by atoms with Gasteiger partial charge in [0.1, 0.15) is 0 Å². The van der Waals surface area contributed by atoms with Crippen molar-refractivity contribution < 1.29 is 4.43 Å². The third kappa shape index (κ3) is 6.15. The lowest BCUT2D eigenvalue weighted by Gasteiger charge is -2.24. The molecule has 0 aromatic rings. The first-order valence-electron chi connectivity index (χ1n) is 3.89. The van der Waals surface area contributed by atoms with Gasteiger partial charge in [0.2, 0.25) is 0 Å². The molecule has 0 aromatic carbocycles. The van der Waals surface area contributed by atoms with Crippen molar-refractivity contribution in [2.45, 2.75) is 33.5 Å². The Labute approximate surface area is 71.3 Å². The Morgan fingerprint density at radius 3 is 2.09 bits per heavy atom. The largest absolute Gasteiger partial charge is 0.416 e. The van der Waals surface area contributed by atoms with E-state index < -0.39 is 8.32 Å². The van der Waals surface area contributed by atoms with E-state index >= 15 is 0 Å². The summed E-state index contributed by atoms with van der Waals surface area (Å²) >= 11 is 0. The first-order valence-corrected chi connectivity index (χ1v) is 7.29. The van der Waals surface area contributed by atoms with Gasteiger partial charge in [-0.15, -0.1) is 6.42 Å². The lowest BCUT2D eigenvalue weighted by atomic mass is 9.97. The standard InChI is InChI=1S/C9H18OSi/c1-7-9(2,3)8-10-11(4,5)6/h1H,8H2,2-6H3. The van der Waals surface area contributed by atoms with Gasteiger partial charge in [-0.3, -0.25) is 0 Å². The highest BCUT2D eigenvalue weighted by atomic mass is 28.4. The van der Waals surface area contributed by atoms with Gasteiger partial charge in [-0.1, -0.05) is 5.92 Å². The summed E-state index contributed by atoms with van der Waals surface area (Å²) in [5, 5.41) is 0. The van der Waals surface area contributed by atoms with Crippen molar-refractivity contribution in [3.8, 4) is 12.3 Å². The Kier molecular flexibility index (Phi) is 3.34. The normalized spacial score (nSPS) is 12.7. The van der Waals surface area contributed by atoms with Crippen LogP contribution in [0.5, 0.6) is 0 Å². The highest BCUT2D eigenvalue weighted by Gasteiger charge is 2.20. The Hall–Kier alpha value is -0.263. The molecule has 0 aromatic heterocycles. The number of hydrogen-bond donors (Lipinski definition) is 0. The van der Waals surface area contributed by atoms with Crippen LogP contribution in [0.3, 0.4) is 0 Å². The Bertz CT molecular complexity index is 159. The van der Waals surface area contributed by atoms with Gasteiger partial charge in [0.25, 0.3) is 0 Å². The Balaban J connectivity index is 3.83. The summed E-state index contributed by atoms with van der Waals surface area (Å²) in [5.41, 5.74) is -0.111. The highest BCUT2D eigenvalue weighted by Crippen LogP contribution is 2.16. The second-order valence-corrected chi connectivity index (χ2v) is 8.94. The first-order chi connectivity index (χ1) is 4.77. The van der Waals surface area contributed by atoms with Crippen LogP contribution in [-0.4, -0.2) is 14.9 Å². The minimum atomic E-state index is -1.38. The molecule has 2 heteroatoms. The van der Waals surface area contributed by atoms with Crippen molar-refractivity contribution in [1.82, 2.24) is 0 Å². The summed E-state index contributed by atoms with van der Waals surface area (Å²) in [6.07, 6.45) is 5.32. The topological polar surface area (TPSA) is 9.23 Å². The molecular weight excluding hydrogens is 152 g/mol. The van der Waals surface area contributed by atoms with Crippen LogP contribution in [0.25, 0.3) is 0 Å². The molecule has 11 heavy (non-hydrogen) atoms. The first kappa shape index (κ1) is 10.7. The molecule has 64 valence electrons. The van der Waals surface area contributed by atoms with Crippen molar-refractivity contribution >= 4 is 8.32 Å². The van der Waals surface area contributed by atoms with Gasteiger partial charge in [-0.2, -0.15) is 0 Å². The maximum Gasteiger partial charge on any atom is 0.183 e. The molecule has 0 aliphatic carbocycles.